The van der Waals surface area contributed by atoms with E-state index in [4.69, 9.17) is 9.47 Å². The Morgan fingerprint density at radius 1 is 1.13 bits per heavy atom. The van der Waals surface area contributed by atoms with Crippen molar-refractivity contribution in [3.63, 3.8) is 0 Å². The molecule has 0 bridgehead atoms. The maximum Gasteiger partial charge on any atom is 0.408 e. The molecule has 0 aromatic heterocycles. The van der Waals surface area contributed by atoms with Crippen LogP contribution in [0, 0.1) is 0 Å². The second-order valence-corrected chi connectivity index (χ2v) is 12.9. The Balaban J connectivity index is 0.000000364. The number of carbonyl (C=O) groups is 4. The van der Waals surface area contributed by atoms with Gasteiger partial charge in [0.1, 0.15) is 39.8 Å². The first-order chi connectivity index (χ1) is 21.7. The van der Waals surface area contributed by atoms with Gasteiger partial charge in [0.2, 0.25) is 11.8 Å². The van der Waals surface area contributed by atoms with Crippen LogP contribution in [0.2, 0.25) is 0 Å². The first-order valence-corrected chi connectivity index (χ1v) is 16.1. The third-order valence-electron chi connectivity index (χ3n) is 6.35. The Hall–Kier alpha value is -4.20. The lowest BCUT2D eigenvalue weighted by atomic mass is 10.0. The van der Waals surface area contributed by atoms with Crippen LogP contribution in [0.3, 0.4) is 0 Å². The van der Waals surface area contributed by atoms with Gasteiger partial charge in [0.15, 0.2) is 0 Å². The molecule has 4 N–H and O–H groups in total. The minimum Gasteiger partial charge on any atom is -0.507 e. The molecule has 0 spiro atoms. The van der Waals surface area contributed by atoms with Crippen LogP contribution in [0.25, 0.3) is 0 Å². The zero-order valence-corrected chi connectivity index (χ0v) is 27.7. The lowest BCUT2D eigenvalue weighted by Crippen LogP contribution is -2.39. The molecule has 3 amide bonds. The van der Waals surface area contributed by atoms with Crippen LogP contribution in [0.4, 0.5) is 9.18 Å². The van der Waals surface area contributed by atoms with Gasteiger partial charge in [-0.3, -0.25) is 14.3 Å². The maximum absolute atomic E-state index is 13.6. The third kappa shape index (κ3) is 13.8. The minimum atomic E-state index is -1.43. The average Bonchev–Trinajstić information content (AvgIpc) is 3.30. The third-order valence-corrected chi connectivity index (χ3v) is 7.73. The first-order valence-electron chi connectivity index (χ1n) is 14.9. The molecule has 1 aliphatic carbocycles. The molecule has 3 atom stereocenters. The topological polar surface area (TPSA) is 169 Å². The highest BCUT2D eigenvalue weighted by molar-refractivity contribution is 7.85. The van der Waals surface area contributed by atoms with E-state index in [2.05, 4.69) is 20.1 Å². The van der Waals surface area contributed by atoms with Gasteiger partial charge in [-0.1, -0.05) is 23.8 Å². The van der Waals surface area contributed by atoms with Gasteiger partial charge in [-0.05, 0) is 83.2 Å². The lowest BCUT2D eigenvalue weighted by molar-refractivity contribution is -0.120. The molecule has 46 heavy (non-hydrogen) atoms. The molecule has 254 valence electrons. The SMILES string of the molecule is C/C1=C/C(F)C=C(C2CC(=O)NS2=O)/C=C\C1.COC(=O)c1c(O)cccc1OCCCCCNC(=O)CNC(=O)OC(C)(C)C. The molecule has 14 heteroatoms. The molecule has 0 radical (unpaired) electrons. The lowest BCUT2D eigenvalue weighted by Gasteiger charge is -2.19. The fourth-order valence-electron chi connectivity index (χ4n) is 4.22. The number of alkyl carbamates (subject to hydrolysis) is 1. The normalized spacial score (nSPS) is 21.0. The van der Waals surface area contributed by atoms with E-state index >= 15 is 0 Å². The van der Waals surface area contributed by atoms with E-state index in [1.165, 1.54) is 25.3 Å². The fourth-order valence-corrected chi connectivity index (χ4v) is 5.38. The summed E-state index contributed by atoms with van der Waals surface area (Å²) in [5.74, 6) is -1.14. The van der Waals surface area contributed by atoms with E-state index < -0.39 is 40.1 Å². The molecular formula is C32H44FN3O9S. The van der Waals surface area contributed by atoms with Crippen molar-refractivity contribution >= 4 is 34.9 Å². The van der Waals surface area contributed by atoms with Gasteiger partial charge in [-0.15, -0.1) is 0 Å². The Kier molecular flexibility index (Phi) is 15.4. The summed E-state index contributed by atoms with van der Waals surface area (Å²) < 4.78 is 42.8. The summed E-state index contributed by atoms with van der Waals surface area (Å²) in [7, 11) is -0.200. The summed E-state index contributed by atoms with van der Waals surface area (Å²) in [4.78, 5) is 46.0. The molecular weight excluding hydrogens is 621 g/mol. The first kappa shape index (κ1) is 38.0. The Bertz CT molecular complexity index is 1350. The molecule has 2 aliphatic rings. The van der Waals surface area contributed by atoms with Crippen molar-refractivity contribution in [1.29, 1.82) is 0 Å². The predicted octanol–water partition coefficient (Wildman–Crippen LogP) is 4.08. The number of allylic oxidation sites excluding steroid dienone is 5. The van der Waals surface area contributed by atoms with Crippen LogP contribution in [0.15, 0.2) is 53.6 Å². The molecule has 0 saturated carbocycles. The van der Waals surface area contributed by atoms with E-state index in [9.17, 15) is 32.9 Å². The zero-order valence-electron chi connectivity index (χ0n) is 26.9. The Labute approximate surface area is 271 Å². The number of hydrogen-bond donors (Lipinski definition) is 4. The number of carbonyl (C=O) groups excluding carboxylic acids is 4. The molecule has 3 rings (SSSR count). The van der Waals surface area contributed by atoms with E-state index in [0.29, 0.717) is 31.6 Å². The van der Waals surface area contributed by atoms with Gasteiger partial charge < -0.3 is 30.0 Å². The zero-order chi connectivity index (χ0) is 34.3. The fraction of sp³-hybridized carbons (Fsp3) is 0.500. The summed E-state index contributed by atoms with van der Waals surface area (Å²) in [6.45, 7) is 7.77. The summed E-state index contributed by atoms with van der Waals surface area (Å²) in [5.41, 5.74) is 0.988. The van der Waals surface area contributed by atoms with E-state index in [1.807, 2.05) is 13.0 Å². The standard InChI is InChI=1S/C20H30N2O7.C12H14FNO2S/c1-20(2,3)29-19(26)22-13-16(24)21-11-6-5-7-12-28-15-10-8-9-14(23)17(15)18(25)27-4;1-8-3-2-4-9(6-10(13)5-8)11-7-12(15)14-17(11)16/h8-10,23H,5-7,11-13H2,1-4H3,(H,21,24)(H,22,26);2,4-6,10-11H,3,7H2,1H3,(H,14,15)/b;4-2-,8-5-,9-6?. The number of ether oxygens (including phenoxy) is 3. The molecule has 1 aliphatic heterocycles. The molecule has 1 aromatic rings. The highest BCUT2D eigenvalue weighted by Crippen LogP contribution is 2.28. The van der Waals surface area contributed by atoms with Crippen LogP contribution in [0.5, 0.6) is 11.5 Å². The van der Waals surface area contributed by atoms with Gasteiger partial charge in [0.25, 0.3) is 0 Å². The van der Waals surface area contributed by atoms with E-state index in [1.54, 1.807) is 39.0 Å². The number of esters is 1. The number of phenolic OH excluding ortho intramolecular Hbond substituents is 1. The van der Waals surface area contributed by atoms with Crippen molar-refractivity contribution in [2.75, 3.05) is 26.8 Å². The van der Waals surface area contributed by atoms with Gasteiger partial charge in [-0.25, -0.2) is 18.2 Å². The largest absolute Gasteiger partial charge is 0.507 e. The number of amides is 3. The van der Waals surface area contributed by atoms with Gasteiger partial charge in [-0.2, -0.15) is 0 Å². The molecule has 1 fully saturated rings. The van der Waals surface area contributed by atoms with Crippen molar-refractivity contribution in [2.45, 2.75) is 76.8 Å². The number of halogens is 1. The van der Waals surface area contributed by atoms with Crippen LogP contribution >= 0.6 is 0 Å². The highest BCUT2D eigenvalue weighted by Gasteiger charge is 2.32. The minimum absolute atomic E-state index is 0.000231. The molecule has 3 unspecified atom stereocenters. The van der Waals surface area contributed by atoms with E-state index in [-0.39, 0.29) is 41.8 Å². The van der Waals surface area contributed by atoms with Crippen molar-refractivity contribution in [3.8, 4) is 11.5 Å². The maximum atomic E-state index is 13.6. The predicted molar refractivity (Wildman–Crippen MR) is 171 cm³/mol. The van der Waals surface area contributed by atoms with Crippen molar-refractivity contribution in [1.82, 2.24) is 15.4 Å². The number of phenols is 1. The van der Waals surface area contributed by atoms with Crippen LogP contribution in [-0.4, -0.2) is 77.0 Å². The van der Waals surface area contributed by atoms with Crippen molar-refractivity contribution < 1.29 is 47.1 Å². The number of nitrogens with one attached hydrogen (secondary N) is 3. The number of alkyl halides is 1. The number of hydrogen-bond acceptors (Lipinski definition) is 9. The number of rotatable bonds is 11. The Morgan fingerprint density at radius 3 is 2.52 bits per heavy atom. The van der Waals surface area contributed by atoms with E-state index in [0.717, 1.165) is 18.4 Å². The summed E-state index contributed by atoms with van der Waals surface area (Å²) in [6.07, 6.45) is 7.88. The van der Waals surface area contributed by atoms with Gasteiger partial charge in [0, 0.05) is 13.0 Å². The molecule has 12 nitrogen and oxygen atoms in total. The van der Waals surface area contributed by atoms with Crippen molar-refractivity contribution in [3.05, 3.63) is 59.2 Å². The summed E-state index contributed by atoms with van der Waals surface area (Å²) >= 11 is 0. The summed E-state index contributed by atoms with van der Waals surface area (Å²) in [5, 5.41) is 14.5. The van der Waals surface area contributed by atoms with Crippen LogP contribution in [0.1, 0.15) is 70.2 Å². The molecule has 1 heterocycles. The summed E-state index contributed by atoms with van der Waals surface area (Å²) in [6, 6.07) is 4.56. The number of unbranched alkanes of at least 4 members (excludes halogenated alkanes) is 2. The van der Waals surface area contributed by atoms with Gasteiger partial charge in [0.05, 0.1) is 25.5 Å². The number of aromatic hydroxyl groups is 1. The molecule has 1 aromatic carbocycles. The Morgan fingerprint density at radius 2 is 1.87 bits per heavy atom. The van der Waals surface area contributed by atoms with Gasteiger partial charge >= 0.3 is 12.1 Å². The highest BCUT2D eigenvalue weighted by atomic mass is 32.2. The second-order valence-electron chi connectivity index (χ2n) is 11.5. The quantitative estimate of drug-likeness (QED) is 0.155. The monoisotopic (exact) mass is 665 g/mol. The molecule has 1 saturated heterocycles. The van der Waals surface area contributed by atoms with Crippen LogP contribution in [-0.2, 0) is 30.0 Å². The smallest absolute Gasteiger partial charge is 0.408 e. The number of benzene rings is 1. The van der Waals surface area contributed by atoms with Crippen molar-refractivity contribution in [2.24, 2.45) is 0 Å². The number of methoxy groups -OCH3 is 1. The average molecular weight is 666 g/mol. The second kappa shape index (κ2) is 18.7. The van der Waals surface area contributed by atoms with Crippen LogP contribution < -0.4 is 20.1 Å².